The van der Waals surface area contributed by atoms with E-state index in [1.54, 1.807) is 18.3 Å². The molecule has 0 fully saturated rings. The maximum absolute atomic E-state index is 5.70. The smallest absolute Gasteiger partial charge is 0.295 e. The van der Waals surface area contributed by atoms with Gasteiger partial charge in [0, 0.05) is 37.6 Å². The Kier molecular flexibility index (Phi) is 2.83. The molecule has 0 saturated heterocycles. The predicted octanol–water partition coefficient (Wildman–Crippen LogP) is 1.80. The molecule has 0 spiro atoms. The van der Waals surface area contributed by atoms with Gasteiger partial charge in [0.05, 0.1) is 0 Å². The lowest BCUT2D eigenvalue weighted by Crippen LogP contribution is -2.08. The highest BCUT2D eigenvalue weighted by atomic mass is 16.4. The van der Waals surface area contributed by atoms with Gasteiger partial charge in [-0.3, -0.25) is 4.68 Å². The van der Waals surface area contributed by atoms with Gasteiger partial charge in [-0.1, -0.05) is 0 Å². The van der Waals surface area contributed by atoms with Gasteiger partial charge >= 0.3 is 0 Å². The van der Waals surface area contributed by atoms with Crippen molar-refractivity contribution in [3.8, 4) is 0 Å². The van der Waals surface area contributed by atoms with E-state index in [-0.39, 0.29) is 0 Å². The normalized spacial score (nSPS) is 11.0. The van der Waals surface area contributed by atoms with E-state index in [1.807, 2.05) is 23.9 Å². The summed E-state index contributed by atoms with van der Waals surface area (Å²) < 4.78 is 7.43. The van der Waals surface area contributed by atoms with Crippen LogP contribution in [0.1, 0.15) is 5.69 Å². The van der Waals surface area contributed by atoms with Gasteiger partial charge in [-0.2, -0.15) is 10.1 Å². The van der Waals surface area contributed by atoms with Crippen molar-refractivity contribution in [2.75, 3.05) is 17.6 Å². The van der Waals surface area contributed by atoms with E-state index in [2.05, 4.69) is 15.4 Å². The zero-order chi connectivity index (χ0) is 13.2. The number of nitrogens with one attached hydrogen (secondary N) is 1. The van der Waals surface area contributed by atoms with Crippen molar-refractivity contribution in [2.24, 2.45) is 7.05 Å². The van der Waals surface area contributed by atoms with Crippen LogP contribution in [0.25, 0.3) is 11.1 Å². The zero-order valence-electron chi connectivity index (χ0n) is 10.6. The number of rotatable bonds is 4. The second-order valence-electron chi connectivity index (χ2n) is 4.37. The number of hydrogen-bond donors (Lipinski definition) is 2. The second-order valence-corrected chi connectivity index (χ2v) is 4.37. The molecular formula is C13H15N5O. The van der Waals surface area contributed by atoms with Gasteiger partial charge in [-0.05, 0) is 24.3 Å². The lowest BCUT2D eigenvalue weighted by molar-refractivity contribution is 0.612. The van der Waals surface area contributed by atoms with Crippen molar-refractivity contribution in [1.82, 2.24) is 14.8 Å². The molecular weight excluding hydrogens is 242 g/mol. The molecule has 0 aliphatic carbocycles. The maximum Gasteiger partial charge on any atom is 0.295 e. The minimum atomic E-state index is 0.516. The summed E-state index contributed by atoms with van der Waals surface area (Å²) in [5.74, 6) is 0. The van der Waals surface area contributed by atoms with Gasteiger partial charge in [-0.25, -0.2) is 0 Å². The number of aryl methyl sites for hydroxylation is 1. The molecule has 0 radical (unpaired) electrons. The maximum atomic E-state index is 5.70. The van der Waals surface area contributed by atoms with Crippen molar-refractivity contribution < 1.29 is 4.42 Å². The van der Waals surface area contributed by atoms with E-state index in [0.717, 1.165) is 29.8 Å². The van der Waals surface area contributed by atoms with E-state index < -0.39 is 0 Å². The Morgan fingerprint density at radius 1 is 1.37 bits per heavy atom. The highest BCUT2D eigenvalue weighted by Crippen LogP contribution is 2.20. The molecule has 0 saturated carbocycles. The first-order chi connectivity index (χ1) is 9.22. The summed E-state index contributed by atoms with van der Waals surface area (Å²) in [6, 6.07) is 7.93. The first kappa shape index (κ1) is 11.6. The second kappa shape index (κ2) is 4.64. The molecule has 0 unspecified atom stereocenters. The van der Waals surface area contributed by atoms with Crippen molar-refractivity contribution in [2.45, 2.75) is 6.42 Å². The fourth-order valence-electron chi connectivity index (χ4n) is 1.96. The van der Waals surface area contributed by atoms with Gasteiger partial charge in [0.2, 0.25) is 0 Å². The van der Waals surface area contributed by atoms with E-state index in [4.69, 9.17) is 10.2 Å². The summed E-state index contributed by atoms with van der Waals surface area (Å²) in [5.41, 5.74) is 9.05. The fourth-order valence-corrected chi connectivity index (χ4v) is 1.96. The van der Waals surface area contributed by atoms with Crippen molar-refractivity contribution >= 4 is 22.8 Å². The van der Waals surface area contributed by atoms with Crippen LogP contribution in [0, 0.1) is 0 Å². The van der Waals surface area contributed by atoms with Crippen LogP contribution in [0.3, 0.4) is 0 Å². The van der Waals surface area contributed by atoms with E-state index in [9.17, 15) is 0 Å². The minimum absolute atomic E-state index is 0.516. The topological polar surface area (TPSA) is 81.9 Å². The van der Waals surface area contributed by atoms with Crippen LogP contribution in [0.15, 0.2) is 34.9 Å². The Hall–Kier alpha value is -2.50. The lowest BCUT2D eigenvalue weighted by Gasteiger charge is -2.02. The van der Waals surface area contributed by atoms with Crippen LogP contribution in [0.5, 0.6) is 0 Å². The third-order valence-corrected chi connectivity index (χ3v) is 2.99. The quantitative estimate of drug-likeness (QED) is 0.696. The molecule has 0 amide bonds. The van der Waals surface area contributed by atoms with Gasteiger partial charge in [0.15, 0.2) is 5.58 Å². The van der Waals surface area contributed by atoms with Gasteiger partial charge in [0.25, 0.3) is 6.01 Å². The van der Waals surface area contributed by atoms with Crippen LogP contribution >= 0.6 is 0 Å². The number of hydrogen-bond acceptors (Lipinski definition) is 5. The molecule has 0 aliphatic rings. The number of nitrogens with zero attached hydrogens (tertiary/aromatic N) is 3. The number of fused-ring (bicyclic) bond motifs is 1. The third-order valence-electron chi connectivity index (χ3n) is 2.99. The first-order valence-corrected chi connectivity index (χ1v) is 6.09. The van der Waals surface area contributed by atoms with E-state index in [1.165, 1.54) is 0 Å². The minimum Gasteiger partial charge on any atom is -0.424 e. The average molecular weight is 257 g/mol. The number of benzene rings is 1. The van der Waals surface area contributed by atoms with Crippen LogP contribution in [-0.2, 0) is 13.5 Å². The Morgan fingerprint density at radius 3 is 3.05 bits per heavy atom. The van der Waals surface area contributed by atoms with E-state index >= 15 is 0 Å². The molecule has 1 aromatic carbocycles. The molecule has 0 bridgehead atoms. The summed E-state index contributed by atoms with van der Waals surface area (Å²) in [4.78, 5) is 4.33. The van der Waals surface area contributed by atoms with Crippen molar-refractivity contribution in [1.29, 1.82) is 0 Å². The fraction of sp³-hybridized carbons (Fsp3) is 0.231. The largest absolute Gasteiger partial charge is 0.424 e. The molecule has 2 aromatic heterocycles. The monoisotopic (exact) mass is 257 g/mol. The van der Waals surface area contributed by atoms with Crippen LogP contribution in [0.4, 0.5) is 11.7 Å². The highest BCUT2D eigenvalue weighted by molar-refractivity contribution is 5.78. The van der Waals surface area contributed by atoms with Crippen LogP contribution in [0.2, 0.25) is 0 Å². The van der Waals surface area contributed by atoms with Crippen LogP contribution < -0.4 is 11.1 Å². The Bertz CT molecular complexity index is 700. The highest BCUT2D eigenvalue weighted by Gasteiger charge is 2.05. The summed E-state index contributed by atoms with van der Waals surface area (Å²) >= 11 is 0. The Balaban J connectivity index is 1.67. The summed E-state index contributed by atoms with van der Waals surface area (Å²) in [5, 5.41) is 7.28. The number of nitrogens with two attached hydrogens (primary N) is 1. The Morgan fingerprint density at radius 2 is 2.26 bits per heavy atom. The molecule has 98 valence electrons. The van der Waals surface area contributed by atoms with Gasteiger partial charge in [0.1, 0.15) is 5.52 Å². The standard InChI is InChI=1S/C13H15N5O/c1-18-10(5-7-16-18)4-6-15-13-17-11-8-9(14)2-3-12(11)19-13/h2-3,5,7-8H,4,6,14H2,1H3,(H,15,17). The molecule has 2 heterocycles. The van der Waals surface area contributed by atoms with Gasteiger partial charge < -0.3 is 15.5 Å². The number of aromatic nitrogens is 3. The number of anilines is 2. The number of nitrogen functional groups attached to an aromatic ring is 1. The van der Waals surface area contributed by atoms with Gasteiger partial charge in [-0.15, -0.1) is 0 Å². The molecule has 6 heteroatoms. The average Bonchev–Trinajstić information content (AvgIpc) is 2.95. The Labute approximate surface area is 110 Å². The molecule has 3 N–H and O–H groups in total. The zero-order valence-corrected chi connectivity index (χ0v) is 10.6. The van der Waals surface area contributed by atoms with E-state index in [0.29, 0.717) is 11.7 Å². The summed E-state index contributed by atoms with van der Waals surface area (Å²) in [7, 11) is 1.93. The molecule has 3 rings (SSSR count). The molecule has 19 heavy (non-hydrogen) atoms. The molecule has 0 aliphatic heterocycles. The lowest BCUT2D eigenvalue weighted by atomic mass is 10.3. The van der Waals surface area contributed by atoms with Crippen molar-refractivity contribution in [3.05, 3.63) is 36.2 Å². The predicted molar refractivity (Wildman–Crippen MR) is 73.8 cm³/mol. The molecule has 0 atom stereocenters. The molecule has 3 aromatic rings. The first-order valence-electron chi connectivity index (χ1n) is 6.09. The SMILES string of the molecule is Cn1nccc1CCNc1nc2cc(N)ccc2o1. The number of oxazole rings is 1. The van der Waals surface area contributed by atoms with Crippen molar-refractivity contribution in [3.63, 3.8) is 0 Å². The molecule has 6 nitrogen and oxygen atoms in total. The summed E-state index contributed by atoms with van der Waals surface area (Å²) in [6.07, 6.45) is 2.65. The summed E-state index contributed by atoms with van der Waals surface area (Å²) in [6.45, 7) is 0.738. The van der Waals surface area contributed by atoms with Crippen LogP contribution in [-0.4, -0.2) is 21.3 Å². The third kappa shape index (κ3) is 2.37.